The zero-order valence-corrected chi connectivity index (χ0v) is 15.8. The van der Waals surface area contributed by atoms with Crippen LogP contribution in [0.4, 0.5) is 0 Å². The summed E-state index contributed by atoms with van der Waals surface area (Å²) in [5.41, 5.74) is 0.852. The topological polar surface area (TPSA) is 73.7 Å². The zero-order chi connectivity index (χ0) is 19.2. The number of carbonyl (C=O) groups excluding carboxylic acids is 2. The highest BCUT2D eigenvalue weighted by atomic mass is 16.5. The van der Waals surface area contributed by atoms with Gasteiger partial charge in [-0.15, -0.1) is 0 Å². The summed E-state index contributed by atoms with van der Waals surface area (Å²) in [4.78, 5) is 26.8. The summed E-state index contributed by atoms with van der Waals surface area (Å²) in [7, 11) is 1.47. The zero-order valence-electron chi connectivity index (χ0n) is 15.8. The number of para-hydroxylation sites is 1. The van der Waals surface area contributed by atoms with Crippen molar-refractivity contribution in [2.45, 2.75) is 38.6 Å². The van der Waals surface area contributed by atoms with Gasteiger partial charge in [0.1, 0.15) is 0 Å². The molecule has 0 aliphatic carbocycles. The lowest BCUT2D eigenvalue weighted by Gasteiger charge is -2.35. The van der Waals surface area contributed by atoms with Gasteiger partial charge in [-0.3, -0.25) is 4.79 Å². The highest BCUT2D eigenvalue weighted by Gasteiger charge is 2.27. The molecule has 1 amide bonds. The van der Waals surface area contributed by atoms with Gasteiger partial charge < -0.3 is 14.4 Å². The van der Waals surface area contributed by atoms with Gasteiger partial charge in [0, 0.05) is 12.6 Å². The molecule has 1 aromatic carbocycles. The molecule has 0 radical (unpaired) electrons. The Balaban J connectivity index is 1.67. The second-order valence-electron chi connectivity index (χ2n) is 6.55. The van der Waals surface area contributed by atoms with Crippen LogP contribution in [-0.2, 0) is 9.53 Å². The van der Waals surface area contributed by atoms with E-state index in [1.807, 2.05) is 35.2 Å². The van der Waals surface area contributed by atoms with Crippen LogP contribution in [0.5, 0.6) is 5.75 Å². The SMILES string of the molecule is CC[C@H]1CCCCN1C(=O)COC(=O)c1nn(-c2ccccc2)cc1OC. The molecule has 7 nitrogen and oxygen atoms in total. The van der Waals surface area contributed by atoms with Gasteiger partial charge in [0.05, 0.1) is 19.0 Å². The average molecular weight is 371 g/mol. The summed E-state index contributed by atoms with van der Waals surface area (Å²) in [6.45, 7) is 2.51. The molecule has 2 aromatic rings. The number of hydrogen-bond donors (Lipinski definition) is 0. The van der Waals surface area contributed by atoms with Crippen LogP contribution < -0.4 is 4.74 Å². The lowest BCUT2D eigenvalue weighted by Crippen LogP contribution is -2.45. The molecule has 1 atom stereocenters. The maximum atomic E-state index is 12.5. The van der Waals surface area contributed by atoms with Gasteiger partial charge in [-0.05, 0) is 37.8 Å². The second kappa shape index (κ2) is 8.70. The van der Waals surface area contributed by atoms with E-state index >= 15 is 0 Å². The third-order valence-corrected chi connectivity index (χ3v) is 4.86. The molecule has 0 bridgehead atoms. The number of piperidine rings is 1. The fraction of sp³-hybridized carbons (Fsp3) is 0.450. The first-order valence-electron chi connectivity index (χ1n) is 9.29. The molecule has 7 heteroatoms. The van der Waals surface area contributed by atoms with Crippen molar-refractivity contribution in [3.05, 3.63) is 42.2 Å². The van der Waals surface area contributed by atoms with Gasteiger partial charge in [-0.2, -0.15) is 5.10 Å². The van der Waals surface area contributed by atoms with E-state index in [-0.39, 0.29) is 24.2 Å². The molecule has 1 fully saturated rings. The van der Waals surface area contributed by atoms with Crippen LogP contribution in [0.1, 0.15) is 43.1 Å². The van der Waals surface area contributed by atoms with Gasteiger partial charge in [0.25, 0.3) is 5.91 Å². The van der Waals surface area contributed by atoms with Crippen LogP contribution >= 0.6 is 0 Å². The van der Waals surface area contributed by atoms with Gasteiger partial charge in [0.15, 0.2) is 12.4 Å². The first-order chi connectivity index (χ1) is 13.1. The number of esters is 1. The normalized spacial score (nSPS) is 16.8. The first kappa shape index (κ1) is 18.9. The lowest BCUT2D eigenvalue weighted by molar-refractivity contribution is -0.138. The largest absolute Gasteiger partial charge is 0.493 e. The van der Waals surface area contributed by atoms with Gasteiger partial charge in [-0.25, -0.2) is 9.48 Å². The summed E-state index contributed by atoms with van der Waals surface area (Å²) in [6, 6.07) is 9.62. The number of carbonyl (C=O) groups is 2. The van der Waals surface area contributed by atoms with Gasteiger partial charge >= 0.3 is 5.97 Å². The number of amides is 1. The van der Waals surface area contributed by atoms with Crippen molar-refractivity contribution in [1.82, 2.24) is 14.7 Å². The highest BCUT2D eigenvalue weighted by Crippen LogP contribution is 2.22. The first-order valence-corrected chi connectivity index (χ1v) is 9.29. The number of hydrogen-bond acceptors (Lipinski definition) is 5. The summed E-state index contributed by atoms with van der Waals surface area (Å²) in [6.07, 6.45) is 5.66. The standard InChI is InChI=1S/C20H25N3O4/c1-3-15-9-7-8-12-22(15)18(24)14-27-20(25)19-17(26-2)13-23(21-19)16-10-5-4-6-11-16/h4-6,10-11,13,15H,3,7-9,12,14H2,1-2H3/t15-/m0/s1. The van der Waals surface area contributed by atoms with E-state index in [2.05, 4.69) is 12.0 Å². The smallest absolute Gasteiger partial charge is 0.363 e. The van der Waals surface area contributed by atoms with E-state index in [4.69, 9.17) is 9.47 Å². The average Bonchev–Trinajstić information content (AvgIpc) is 3.17. The fourth-order valence-corrected chi connectivity index (χ4v) is 3.39. The Hall–Kier alpha value is -2.83. The molecule has 3 rings (SSSR count). The second-order valence-corrected chi connectivity index (χ2v) is 6.55. The molecular formula is C20H25N3O4. The minimum Gasteiger partial charge on any atom is -0.493 e. The van der Waals surface area contributed by atoms with Crippen molar-refractivity contribution in [3.63, 3.8) is 0 Å². The molecule has 0 N–H and O–H groups in total. The molecule has 0 spiro atoms. The molecule has 1 aromatic heterocycles. The van der Waals surface area contributed by atoms with Crippen molar-refractivity contribution >= 4 is 11.9 Å². The fourth-order valence-electron chi connectivity index (χ4n) is 3.39. The van der Waals surface area contributed by atoms with Crippen LogP contribution in [0.2, 0.25) is 0 Å². The number of rotatable bonds is 6. The van der Waals surface area contributed by atoms with Gasteiger partial charge in [-0.1, -0.05) is 25.1 Å². The summed E-state index contributed by atoms with van der Waals surface area (Å²) < 4.78 is 12.0. The highest BCUT2D eigenvalue weighted by molar-refractivity contribution is 5.92. The van der Waals surface area contributed by atoms with E-state index < -0.39 is 5.97 Å². The van der Waals surface area contributed by atoms with Crippen molar-refractivity contribution in [3.8, 4) is 11.4 Å². The Kier molecular flexibility index (Phi) is 6.11. The predicted molar refractivity (Wildman–Crippen MR) is 100 cm³/mol. The molecule has 1 aliphatic rings. The van der Waals surface area contributed by atoms with Crippen LogP contribution in [0.25, 0.3) is 5.69 Å². The number of likely N-dealkylation sites (tertiary alicyclic amines) is 1. The number of ether oxygens (including phenoxy) is 2. The third kappa shape index (κ3) is 4.30. The van der Waals surface area contributed by atoms with E-state index in [9.17, 15) is 9.59 Å². The predicted octanol–water partition coefficient (Wildman–Crippen LogP) is 2.83. The monoisotopic (exact) mass is 371 g/mol. The Labute approximate surface area is 158 Å². The Morgan fingerprint density at radius 1 is 1.22 bits per heavy atom. The number of methoxy groups -OCH3 is 1. The quantitative estimate of drug-likeness (QED) is 0.730. The van der Waals surface area contributed by atoms with Crippen molar-refractivity contribution in [1.29, 1.82) is 0 Å². The number of nitrogens with zero attached hydrogens (tertiary/aromatic N) is 3. The lowest BCUT2D eigenvalue weighted by atomic mass is 10.00. The minimum absolute atomic E-state index is 0.0554. The van der Waals surface area contributed by atoms with Crippen LogP contribution in [0, 0.1) is 0 Å². The minimum atomic E-state index is -0.667. The van der Waals surface area contributed by atoms with Gasteiger partial charge in [0.2, 0.25) is 5.69 Å². The maximum Gasteiger partial charge on any atom is 0.363 e. The summed E-state index contributed by atoms with van der Waals surface area (Å²) in [5.74, 6) is -0.517. The molecule has 0 saturated carbocycles. The van der Waals surface area contributed by atoms with E-state index in [0.29, 0.717) is 5.75 Å². The van der Waals surface area contributed by atoms with Crippen LogP contribution in [0.15, 0.2) is 36.5 Å². The van der Waals surface area contributed by atoms with E-state index in [1.165, 1.54) is 7.11 Å². The molecule has 144 valence electrons. The van der Waals surface area contributed by atoms with Crippen molar-refractivity contribution in [2.75, 3.05) is 20.3 Å². The van der Waals surface area contributed by atoms with E-state index in [1.54, 1.807) is 10.9 Å². The van der Waals surface area contributed by atoms with Crippen molar-refractivity contribution < 1.29 is 19.1 Å². The molecular weight excluding hydrogens is 346 g/mol. The number of aromatic nitrogens is 2. The summed E-state index contributed by atoms with van der Waals surface area (Å²) >= 11 is 0. The molecule has 27 heavy (non-hydrogen) atoms. The third-order valence-electron chi connectivity index (χ3n) is 4.86. The molecule has 1 aliphatic heterocycles. The Morgan fingerprint density at radius 2 is 2.00 bits per heavy atom. The van der Waals surface area contributed by atoms with Crippen LogP contribution in [0.3, 0.4) is 0 Å². The maximum absolute atomic E-state index is 12.5. The number of benzene rings is 1. The van der Waals surface area contributed by atoms with Crippen LogP contribution in [-0.4, -0.2) is 52.9 Å². The van der Waals surface area contributed by atoms with Crippen molar-refractivity contribution in [2.24, 2.45) is 0 Å². The molecule has 2 heterocycles. The van der Waals surface area contributed by atoms with E-state index in [0.717, 1.165) is 37.9 Å². The molecule has 0 unspecified atom stereocenters. The molecule has 1 saturated heterocycles. The Bertz CT molecular complexity index is 788. The summed E-state index contributed by atoms with van der Waals surface area (Å²) in [5, 5.41) is 4.27. The Morgan fingerprint density at radius 3 is 2.70 bits per heavy atom.